The summed E-state index contributed by atoms with van der Waals surface area (Å²) in [6.07, 6.45) is 5.02. The van der Waals surface area contributed by atoms with Gasteiger partial charge in [0.1, 0.15) is 0 Å². The van der Waals surface area contributed by atoms with E-state index in [9.17, 15) is 13.2 Å². The minimum absolute atomic E-state index is 0.0255. The van der Waals surface area contributed by atoms with E-state index in [4.69, 9.17) is 0 Å². The van der Waals surface area contributed by atoms with Crippen LogP contribution in [0.2, 0.25) is 0 Å². The second kappa shape index (κ2) is 6.39. The van der Waals surface area contributed by atoms with E-state index in [0.717, 1.165) is 11.3 Å². The van der Waals surface area contributed by atoms with Crippen molar-refractivity contribution in [3.05, 3.63) is 48.3 Å². The third-order valence-corrected chi connectivity index (χ3v) is 6.15. The lowest BCUT2D eigenvalue weighted by atomic mass is 10.0. The summed E-state index contributed by atoms with van der Waals surface area (Å²) in [4.78, 5) is 12.1. The van der Waals surface area contributed by atoms with Crippen molar-refractivity contribution in [2.75, 3.05) is 11.5 Å². The molecule has 1 aliphatic rings. The average molecular weight is 347 g/mol. The molecule has 1 aromatic heterocycles. The Morgan fingerprint density at radius 2 is 2.08 bits per heavy atom. The Hall–Kier alpha value is -2.15. The van der Waals surface area contributed by atoms with Gasteiger partial charge in [0.15, 0.2) is 9.84 Å². The number of aryl methyl sites for hydroxylation is 1. The molecule has 1 aliphatic heterocycles. The van der Waals surface area contributed by atoms with Gasteiger partial charge < -0.3 is 5.32 Å². The van der Waals surface area contributed by atoms with Gasteiger partial charge in [0.05, 0.1) is 28.9 Å². The Kier molecular flexibility index (Phi) is 4.45. The molecule has 2 aromatic rings. The van der Waals surface area contributed by atoms with Crippen LogP contribution in [0.15, 0.2) is 42.7 Å². The highest BCUT2D eigenvalue weighted by Gasteiger charge is 2.39. The molecule has 0 bridgehead atoms. The number of carbonyl (C=O) groups is 1. The van der Waals surface area contributed by atoms with E-state index in [-0.39, 0.29) is 17.4 Å². The summed E-state index contributed by atoms with van der Waals surface area (Å²) >= 11 is 0. The predicted octanol–water partition coefficient (Wildman–Crippen LogP) is 1.50. The van der Waals surface area contributed by atoms with Crippen molar-refractivity contribution in [1.29, 1.82) is 0 Å². The maximum Gasteiger partial charge on any atom is 0.220 e. The van der Waals surface area contributed by atoms with Gasteiger partial charge in [-0.25, -0.2) is 13.1 Å². The summed E-state index contributed by atoms with van der Waals surface area (Å²) in [5.74, 6) is 0.0488. The number of sulfone groups is 1. The zero-order valence-electron chi connectivity index (χ0n) is 13.6. The lowest BCUT2D eigenvalue weighted by Gasteiger charge is -2.23. The molecular formula is C17H21N3O3S. The van der Waals surface area contributed by atoms with Crippen LogP contribution in [0.25, 0.3) is 5.69 Å². The normalized spacial score (nSPS) is 22.4. The van der Waals surface area contributed by atoms with Crippen molar-refractivity contribution in [2.24, 2.45) is 0 Å². The van der Waals surface area contributed by atoms with Gasteiger partial charge in [-0.3, -0.25) is 4.79 Å². The number of carbonyl (C=O) groups excluding carboxylic acids is 1. The summed E-state index contributed by atoms with van der Waals surface area (Å²) < 4.78 is 24.9. The molecule has 6 nitrogen and oxygen atoms in total. The number of benzene rings is 1. The number of nitrogens with one attached hydrogen (secondary N) is 1. The molecule has 0 radical (unpaired) electrons. The molecular weight excluding hydrogens is 326 g/mol. The maximum absolute atomic E-state index is 12.1. The molecule has 1 aromatic carbocycles. The SMILES string of the molecule is C[C@]1(NC(=O)CCc2cnn(-c3ccccc3)c2)CCS(=O)(=O)C1. The van der Waals surface area contributed by atoms with E-state index in [2.05, 4.69) is 10.4 Å². The molecule has 128 valence electrons. The van der Waals surface area contributed by atoms with Crippen LogP contribution in [0, 0.1) is 0 Å². The molecule has 3 rings (SSSR count). The van der Waals surface area contributed by atoms with Gasteiger partial charge in [-0.2, -0.15) is 5.10 Å². The van der Waals surface area contributed by atoms with Crippen LogP contribution in [-0.4, -0.2) is 41.2 Å². The molecule has 0 unspecified atom stereocenters. The molecule has 2 heterocycles. The summed E-state index contributed by atoms with van der Waals surface area (Å²) in [6.45, 7) is 1.79. The molecule has 0 saturated carbocycles. The Balaban J connectivity index is 1.55. The minimum atomic E-state index is -3.02. The number of rotatable bonds is 5. The van der Waals surface area contributed by atoms with Crippen LogP contribution >= 0.6 is 0 Å². The second-order valence-corrected chi connectivity index (χ2v) is 8.76. The van der Waals surface area contributed by atoms with Gasteiger partial charge in [0, 0.05) is 12.6 Å². The van der Waals surface area contributed by atoms with Crippen LogP contribution in [0.4, 0.5) is 0 Å². The first-order valence-corrected chi connectivity index (χ1v) is 9.78. The lowest BCUT2D eigenvalue weighted by molar-refractivity contribution is -0.122. The minimum Gasteiger partial charge on any atom is -0.350 e. The molecule has 7 heteroatoms. The number of hydrogen-bond donors (Lipinski definition) is 1. The van der Waals surface area contributed by atoms with Crippen molar-refractivity contribution in [1.82, 2.24) is 15.1 Å². The fourth-order valence-electron chi connectivity index (χ4n) is 2.98. The average Bonchev–Trinajstić information content (AvgIpc) is 3.10. The van der Waals surface area contributed by atoms with E-state index in [0.29, 0.717) is 19.3 Å². The van der Waals surface area contributed by atoms with E-state index in [1.54, 1.807) is 17.8 Å². The maximum atomic E-state index is 12.1. The fraction of sp³-hybridized carbons (Fsp3) is 0.412. The quantitative estimate of drug-likeness (QED) is 0.889. The summed E-state index contributed by atoms with van der Waals surface area (Å²) in [5, 5.41) is 7.18. The highest BCUT2D eigenvalue weighted by molar-refractivity contribution is 7.91. The number of nitrogens with zero attached hydrogens (tertiary/aromatic N) is 2. The Morgan fingerprint density at radius 1 is 1.33 bits per heavy atom. The van der Waals surface area contributed by atoms with Crippen LogP contribution in [-0.2, 0) is 21.1 Å². The molecule has 1 saturated heterocycles. The molecule has 1 N–H and O–H groups in total. The second-order valence-electron chi connectivity index (χ2n) is 6.58. The number of para-hydroxylation sites is 1. The monoisotopic (exact) mass is 347 g/mol. The van der Waals surface area contributed by atoms with E-state index >= 15 is 0 Å². The molecule has 0 aliphatic carbocycles. The number of aromatic nitrogens is 2. The Labute approximate surface area is 141 Å². The lowest BCUT2D eigenvalue weighted by Crippen LogP contribution is -2.46. The Bertz CT molecular complexity index is 830. The van der Waals surface area contributed by atoms with E-state index < -0.39 is 15.4 Å². The first-order valence-electron chi connectivity index (χ1n) is 7.96. The largest absolute Gasteiger partial charge is 0.350 e. The van der Waals surface area contributed by atoms with Gasteiger partial charge in [0.25, 0.3) is 0 Å². The van der Waals surface area contributed by atoms with Crippen LogP contribution < -0.4 is 5.32 Å². The van der Waals surface area contributed by atoms with Crippen molar-refractivity contribution < 1.29 is 13.2 Å². The molecule has 0 spiro atoms. The predicted molar refractivity (Wildman–Crippen MR) is 91.7 cm³/mol. The topological polar surface area (TPSA) is 81.1 Å². The summed E-state index contributed by atoms with van der Waals surface area (Å²) in [6, 6.07) is 9.76. The summed E-state index contributed by atoms with van der Waals surface area (Å²) in [7, 11) is -3.02. The smallest absolute Gasteiger partial charge is 0.220 e. The van der Waals surface area contributed by atoms with Crippen LogP contribution in [0.3, 0.4) is 0 Å². The van der Waals surface area contributed by atoms with Crippen molar-refractivity contribution >= 4 is 15.7 Å². The molecule has 1 atom stereocenters. The molecule has 1 fully saturated rings. The van der Waals surface area contributed by atoms with Gasteiger partial charge in [-0.15, -0.1) is 0 Å². The molecule has 24 heavy (non-hydrogen) atoms. The van der Waals surface area contributed by atoms with Gasteiger partial charge in [-0.1, -0.05) is 18.2 Å². The summed E-state index contributed by atoms with van der Waals surface area (Å²) in [5.41, 5.74) is 1.31. The van der Waals surface area contributed by atoms with Crippen molar-refractivity contribution in [2.45, 2.75) is 31.7 Å². The fourth-order valence-corrected chi connectivity index (χ4v) is 5.07. The zero-order valence-corrected chi connectivity index (χ0v) is 14.4. The van der Waals surface area contributed by atoms with Gasteiger partial charge >= 0.3 is 0 Å². The van der Waals surface area contributed by atoms with Gasteiger partial charge in [-0.05, 0) is 37.5 Å². The highest BCUT2D eigenvalue weighted by Crippen LogP contribution is 2.23. The Morgan fingerprint density at radius 3 is 2.75 bits per heavy atom. The van der Waals surface area contributed by atoms with Gasteiger partial charge in [0.2, 0.25) is 5.91 Å². The van der Waals surface area contributed by atoms with Crippen LogP contribution in [0.5, 0.6) is 0 Å². The first-order chi connectivity index (χ1) is 11.4. The molecule has 1 amide bonds. The number of amides is 1. The van der Waals surface area contributed by atoms with E-state index in [1.165, 1.54) is 0 Å². The number of hydrogen-bond acceptors (Lipinski definition) is 4. The third-order valence-electron chi connectivity index (χ3n) is 4.24. The van der Waals surface area contributed by atoms with Crippen molar-refractivity contribution in [3.63, 3.8) is 0 Å². The first kappa shape index (κ1) is 16.7. The van der Waals surface area contributed by atoms with Crippen LogP contribution in [0.1, 0.15) is 25.3 Å². The standard InChI is InChI=1S/C17H21N3O3S/c1-17(9-10-24(22,23)13-17)19-16(21)8-7-14-11-18-20(12-14)15-5-3-2-4-6-15/h2-6,11-12H,7-10,13H2,1H3,(H,19,21)/t17-/m0/s1. The zero-order chi connectivity index (χ0) is 17.2. The van der Waals surface area contributed by atoms with E-state index in [1.807, 2.05) is 36.5 Å². The van der Waals surface area contributed by atoms with Crippen molar-refractivity contribution in [3.8, 4) is 5.69 Å². The highest BCUT2D eigenvalue weighted by atomic mass is 32.2. The third kappa shape index (κ3) is 4.03.